The summed E-state index contributed by atoms with van der Waals surface area (Å²) >= 11 is 0. The van der Waals surface area contributed by atoms with Crippen LogP contribution in [0.15, 0.2) is 170 Å². The monoisotopic (exact) mass is 593 g/mol. The summed E-state index contributed by atoms with van der Waals surface area (Å²) in [6.07, 6.45) is 5.82. The molecule has 0 unspecified atom stereocenters. The maximum Gasteiger partial charge on any atom is 0.180 e. The molecule has 7 aromatic rings. The van der Waals surface area contributed by atoms with Crippen LogP contribution in [0.25, 0.3) is 33.8 Å². The molecular formula is C43H35NSi. The Labute approximate surface area is 266 Å². The van der Waals surface area contributed by atoms with Crippen molar-refractivity contribution in [2.45, 2.75) is 19.3 Å². The van der Waals surface area contributed by atoms with Gasteiger partial charge in [-0.05, 0) is 56.5 Å². The lowest BCUT2D eigenvalue weighted by molar-refractivity contribution is 0.723. The van der Waals surface area contributed by atoms with Crippen molar-refractivity contribution in [2.75, 3.05) is 0 Å². The van der Waals surface area contributed by atoms with E-state index in [1.165, 1.54) is 59.7 Å². The molecular weight excluding hydrogens is 559 g/mol. The summed E-state index contributed by atoms with van der Waals surface area (Å²) in [7, 11) is -2.80. The van der Waals surface area contributed by atoms with Crippen LogP contribution >= 0.6 is 0 Å². The summed E-state index contributed by atoms with van der Waals surface area (Å²) < 4.78 is 2.54. The molecule has 1 atom stereocenters. The number of aromatic nitrogens is 1. The van der Waals surface area contributed by atoms with Gasteiger partial charge >= 0.3 is 0 Å². The first-order valence-corrected chi connectivity index (χ1v) is 17.9. The van der Waals surface area contributed by atoms with Crippen molar-refractivity contribution in [3.63, 3.8) is 0 Å². The maximum atomic E-state index is 2.54. The second kappa shape index (κ2) is 11.4. The van der Waals surface area contributed by atoms with Crippen molar-refractivity contribution in [1.29, 1.82) is 0 Å². The zero-order chi connectivity index (χ0) is 30.2. The van der Waals surface area contributed by atoms with Crippen molar-refractivity contribution in [3.8, 4) is 16.8 Å². The lowest BCUT2D eigenvalue weighted by atomic mass is 9.93. The standard InChI is InChI=1S/C43H35NSi/c1-32-16-14-25-39-42-40(44(43(32)39)35-19-8-3-9-20-35)26-15-27-41(42)45(36-21-10-4-11-22-36,37-23-12-5-13-24-37)38-30-28-34(29-31-38)33-17-6-2-7-18-33/h2-15,17-32H,16H2,1H3/t32-/m1/s1. The summed E-state index contributed by atoms with van der Waals surface area (Å²) in [5, 5.41) is 7.00. The fraction of sp³-hybridized carbons (Fsp3) is 0.0698. The quantitative estimate of drug-likeness (QED) is 0.135. The van der Waals surface area contributed by atoms with Gasteiger partial charge < -0.3 is 4.57 Å². The summed E-state index contributed by atoms with van der Waals surface area (Å²) in [5.74, 6) is 0.417. The Bertz CT molecular complexity index is 2070. The molecule has 1 aromatic heterocycles. The lowest BCUT2D eigenvalue weighted by Gasteiger charge is -2.35. The summed E-state index contributed by atoms with van der Waals surface area (Å²) in [4.78, 5) is 0. The van der Waals surface area contributed by atoms with Gasteiger partial charge in [-0.3, -0.25) is 0 Å². The highest BCUT2D eigenvalue weighted by molar-refractivity contribution is 7.20. The number of allylic oxidation sites excluding steroid dienone is 1. The fourth-order valence-corrected chi connectivity index (χ4v) is 12.6. The van der Waals surface area contributed by atoms with Gasteiger partial charge in [0.1, 0.15) is 0 Å². The van der Waals surface area contributed by atoms with E-state index in [9.17, 15) is 0 Å². The summed E-state index contributed by atoms with van der Waals surface area (Å²) in [6.45, 7) is 2.38. The van der Waals surface area contributed by atoms with E-state index in [4.69, 9.17) is 0 Å². The first-order valence-electron chi connectivity index (χ1n) is 15.9. The molecule has 0 bridgehead atoms. The van der Waals surface area contributed by atoms with Crippen LogP contribution < -0.4 is 20.7 Å². The number of hydrogen-bond acceptors (Lipinski definition) is 0. The van der Waals surface area contributed by atoms with E-state index in [2.05, 4.69) is 187 Å². The maximum absolute atomic E-state index is 2.80. The van der Waals surface area contributed by atoms with Crippen LogP contribution in [-0.2, 0) is 0 Å². The molecule has 2 heteroatoms. The van der Waals surface area contributed by atoms with Gasteiger partial charge in [-0.25, -0.2) is 0 Å². The Morgan fingerprint density at radius 1 is 0.533 bits per heavy atom. The molecule has 0 amide bonds. The summed E-state index contributed by atoms with van der Waals surface area (Å²) in [6, 6.07) is 60.7. The molecule has 0 spiro atoms. The predicted molar refractivity (Wildman–Crippen MR) is 194 cm³/mol. The Balaban J connectivity index is 1.51. The molecule has 216 valence electrons. The zero-order valence-electron chi connectivity index (χ0n) is 25.5. The van der Waals surface area contributed by atoms with E-state index < -0.39 is 8.07 Å². The van der Waals surface area contributed by atoms with Crippen LogP contribution in [0, 0.1) is 0 Å². The highest BCUT2D eigenvalue weighted by Gasteiger charge is 2.43. The summed E-state index contributed by atoms with van der Waals surface area (Å²) in [5.41, 5.74) is 7.77. The van der Waals surface area contributed by atoms with Gasteiger partial charge in [0.25, 0.3) is 0 Å². The van der Waals surface area contributed by atoms with Gasteiger partial charge in [0, 0.05) is 28.2 Å². The van der Waals surface area contributed by atoms with Crippen molar-refractivity contribution < 1.29 is 0 Å². The number of rotatable bonds is 6. The highest BCUT2D eigenvalue weighted by atomic mass is 28.3. The van der Waals surface area contributed by atoms with Gasteiger partial charge in [0.15, 0.2) is 8.07 Å². The van der Waals surface area contributed by atoms with E-state index in [0.29, 0.717) is 5.92 Å². The van der Waals surface area contributed by atoms with Crippen molar-refractivity contribution in [3.05, 3.63) is 181 Å². The van der Waals surface area contributed by atoms with E-state index in [1.54, 1.807) is 0 Å². The highest BCUT2D eigenvalue weighted by Crippen LogP contribution is 2.39. The van der Waals surface area contributed by atoms with Crippen LogP contribution in [-0.4, -0.2) is 12.6 Å². The van der Waals surface area contributed by atoms with Crippen LogP contribution in [0.5, 0.6) is 0 Å². The predicted octanol–water partition coefficient (Wildman–Crippen LogP) is 8.20. The molecule has 0 N–H and O–H groups in total. The van der Waals surface area contributed by atoms with Crippen LogP contribution in [0.4, 0.5) is 0 Å². The van der Waals surface area contributed by atoms with Gasteiger partial charge in [-0.15, -0.1) is 0 Å². The lowest BCUT2D eigenvalue weighted by Crippen LogP contribution is -2.74. The third-order valence-electron chi connectivity index (χ3n) is 9.57. The number of benzene rings is 6. The van der Waals surface area contributed by atoms with Crippen LogP contribution in [0.1, 0.15) is 30.5 Å². The van der Waals surface area contributed by atoms with Crippen molar-refractivity contribution in [1.82, 2.24) is 4.57 Å². The Morgan fingerprint density at radius 2 is 1.07 bits per heavy atom. The molecule has 1 heterocycles. The van der Waals surface area contributed by atoms with E-state index in [1.807, 2.05) is 0 Å². The van der Waals surface area contributed by atoms with Gasteiger partial charge in [0.05, 0.1) is 5.52 Å². The molecule has 0 fully saturated rings. The largest absolute Gasteiger partial charge is 0.313 e. The third kappa shape index (κ3) is 4.44. The molecule has 45 heavy (non-hydrogen) atoms. The Kier molecular flexibility index (Phi) is 6.93. The molecule has 8 rings (SSSR count). The molecule has 1 aliphatic carbocycles. The zero-order valence-corrected chi connectivity index (χ0v) is 26.5. The first-order chi connectivity index (χ1) is 22.3. The van der Waals surface area contributed by atoms with Crippen molar-refractivity contribution >= 4 is 45.8 Å². The topological polar surface area (TPSA) is 4.93 Å². The van der Waals surface area contributed by atoms with Gasteiger partial charge in [-0.2, -0.15) is 0 Å². The number of nitrogens with zero attached hydrogens (tertiary/aromatic N) is 1. The number of hydrogen-bond donors (Lipinski definition) is 0. The van der Waals surface area contributed by atoms with E-state index in [0.717, 1.165) is 6.42 Å². The van der Waals surface area contributed by atoms with Crippen LogP contribution in [0.3, 0.4) is 0 Å². The average Bonchev–Trinajstić information content (AvgIpc) is 3.47. The SMILES string of the molecule is C[C@@H]1CC=Cc2c1n(-c1ccccc1)c1cccc([Si](c3ccccc3)(c3ccccc3)c3ccc(-c4ccccc4)cc3)c21. The van der Waals surface area contributed by atoms with E-state index >= 15 is 0 Å². The first kappa shape index (κ1) is 27.4. The minimum Gasteiger partial charge on any atom is -0.313 e. The molecule has 0 radical (unpaired) electrons. The minimum atomic E-state index is -2.80. The number of para-hydroxylation sites is 1. The fourth-order valence-electron chi connectivity index (χ4n) is 7.60. The molecule has 0 aliphatic heterocycles. The molecule has 0 saturated carbocycles. The second-order valence-corrected chi connectivity index (χ2v) is 15.9. The number of fused-ring (bicyclic) bond motifs is 3. The van der Waals surface area contributed by atoms with Gasteiger partial charge in [0.2, 0.25) is 0 Å². The second-order valence-electron chi connectivity index (χ2n) is 12.1. The third-order valence-corrected chi connectivity index (χ3v) is 14.4. The molecule has 1 nitrogen and oxygen atoms in total. The molecule has 1 aliphatic rings. The average molecular weight is 594 g/mol. The van der Waals surface area contributed by atoms with Crippen LogP contribution in [0.2, 0.25) is 0 Å². The Morgan fingerprint density at radius 3 is 1.69 bits per heavy atom. The molecule has 0 saturated heterocycles. The van der Waals surface area contributed by atoms with Crippen molar-refractivity contribution in [2.24, 2.45) is 0 Å². The van der Waals surface area contributed by atoms with Gasteiger partial charge in [-0.1, -0.05) is 165 Å². The van der Waals surface area contributed by atoms with E-state index in [-0.39, 0.29) is 0 Å². The Hall–Kier alpha value is -5.18. The smallest absolute Gasteiger partial charge is 0.180 e. The normalized spacial score (nSPS) is 14.4. The molecule has 6 aromatic carbocycles. The minimum absolute atomic E-state index is 0.417.